The molecule has 1 aromatic rings. The minimum absolute atomic E-state index is 0.311. The SMILES string of the molecule is CCCn1nccc1CN1CCOC(CNC)C1. The Balaban J connectivity index is 1.89. The minimum atomic E-state index is 0.311. The van der Waals surface area contributed by atoms with Crippen LogP contribution >= 0.6 is 0 Å². The summed E-state index contributed by atoms with van der Waals surface area (Å²) in [7, 11) is 1.97. The van der Waals surface area contributed by atoms with E-state index in [2.05, 4.69) is 33.0 Å². The van der Waals surface area contributed by atoms with Gasteiger partial charge in [-0.15, -0.1) is 0 Å². The van der Waals surface area contributed by atoms with Crippen LogP contribution in [0.4, 0.5) is 0 Å². The number of nitrogens with one attached hydrogen (secondary N) is 1. The lowest BCUT2D eigenvalue weighted by molar-refractivity contribution is -0.0298. The van der Waals surface area contributed by atoms with Gasteiger partial charge in [0.25, 0.3) is 0 Å². The number of aromatic nitrogens is 2. The first-order valence-electron chi connectivity index (χ1n) is 6.82. The highest BCUT2D eigenvalue weighted by molar-refractivity contribution is 5.00. The van der Waals surface area contributed by atoms with Crippen LogP contribution < -0.4 is 5.32 Å². The van der Waals surface area contributed by atoms with Crippen LogP contribution in [0.3, 0.4) is 0 Å². The van der Waals surface area contributed by atoms with Crippen LogP contribution in [0.25, 0.3) is 0 Å². The smallest absolute Gasteiger partial charge is 0.0826 e. The largest absolute Gasteiger partial charge is 0.374 e. The number of nitrogens with zero attached hydrogens (tertiary/aromatic N) is 3. The van der Waals surface area contributed by atoms with Crippen molar-refractivity contribution in [3.8, 4) is 0 Å². The summed E-state index contributed by atoms with van der Waals surface area (Å²) in [6.07, 6.45) is 3.34. The molecule has 0 aliphatic carbocycles. The average molecular weight is 252 g/mol. The van der Waals surface area contributed by atoms with Gasteiger partial charge in [-0.1, -0.05) is 6.92 Å². The van der Waals surface area contributed by atoms with Crippen LogP contribution in [0, 0.1) is 0 Å². The number of aryl methyl sites for hydroxylation is 1. The zero-order valence-electron chi connectivity index (χ0n) is 11.4. The monoisotopic (exact) mass is 252 g/mol. The highest BCUT2D eigenvalue weighted by Gasteiger charge is 2.20. The second kappa shape index (κ2) is 6.87. The molecule has 1 aliphatic rings. The Morgan fingerprint density at radius 3 is 3.22 bits per heavy atom. The Hall–Kier alpha value is -0.910. The van der Waals surface area contributed by atoms with Crippen molar-refractivity contribution in [2.45, 2.75) is 32.5 Å². The maximum Gasteiger partial charge on any atom is 0.0826 e. The van der Waals surface area contributed by atoms with E-state index in [1.807, 2.05) is 13.2 Å². The molecule has 0 radical (unpaired) electrons. The van der Waals surface area contributed by atoms with Crippen molar-refractivity contribution < 1.29 is 4.74 Å². The summed E-state index contributed by atoms with van der Waals surface area (Å²) in [5.41, 5.74) is 1.31. The van der Waals surface area contributed by atoms with Crippen LogP contribution in [0.15, 0.2) is 12.3 Å². The van der Waals surface area contributed by atoms with Crippen molar-refractivity contribution in [2.75, 3.05) is 33.3 Å². The first-order chi connectivity index (χ1) is 8.83. The summed E-state index contributed by atoms with van der Waals surface area (Å²) < 4.78 is 7.83. The third-order valence-corrected chi connectivity index (χ3v) is 3.28. The van der Waals surface area contributed by atoms with Crippen molar-refractivity contribution in [3.05, 3.63) is 18.0 Å². The van der Waals surface area contributed by atoms with Crippen molar-refractivity contribution in [1.82, 2.24) is 20.0 Å². The minimum Gasteiger partial charge on any atom is -0.374 e. The second-order valence-electron chi connectivity index (χ2n) is 4.83. The Morgan fingerprint density at radius 1 is 1.56 bits per heavy atom. The standard InChI is InChI=1S/C13H24N4O/c1-3-6-17-12(4-5-15-17)10-16-7-8-18-13(11-16)9-14-2/h4-5,13-14H,3,6-11H2,1-2H3. The van der Waals surface area contributed by atoms with Gasteiger partial charge in [0, 0.05) is 38.9 Å². The van der Waals surface area contributed by atoms with Gasteiger partial charge in [-0.05, 0) is 19.5 Å². The van der Waals surface area contributed by atoms with Gasteiger partial charge in [0.1, 0.15) is 0 Å². The summed E-state index contributed by atoms with van der Waals surface area (Å²) in [4.78, 5) is 2.45. The molecule has 1 saturated heterocycles. The fraction of sp³-hybridized carbons (Fsp3) is 0.769. The molecule has 1 fully saturated rings. The third kappa shape index (κ3) is 3.54. The van der Waals surface area contributed by atoms with Gasteiger partial charge in [0.2, 0.25) is 0 Å². The Labute approximate surface area is 109 Å². The predicted octanol–water partition coefficient (Wildman–Crippen LogP) is 0.713. The lowest BCUT2D eigenvalue weighted by atomic mass is 10.2. The molecule has 0 saturated carbocycles. The number of likely N-dealkylation sites (N-methyl/N-ethyl adjacent to an activating group) is 1. The van der Waals surface area contributed by atoms with Gasteiger partial charge < -0.3 is 10.1 Å². The van der Waals surface area contributed by atoms with Gasteiger partial charge >= 0.3 is 0 Å². The summed E-state index contributed by atoms with van der Waals surface area (Å²) in [6.45, 7) is 7.92. The van der Waals surface area contributed by atoms with Crippen molar-refractivity contribution in [2.24, 2.45) is 0 Å². The molecule has 5 heteroatoms. The van der Waals surface area contributed by atoms with Gasteiger partial charge in [-0.3, -0.25) is 9.58 Å². The van der Waals surface area contributed by atoms with Crippen molar-refractivity contribution >= 4 is 0 Å². The molecule has 18 heavy (non-hydrogen) atoms. The molecule has 1 unspecified atom stereocenters. The van der Waals surface area contributed by atoms with E-state index in [1.54, 1.807) is 0 Å². The van der Waals surface area contributed by atoms with Gasteiger partial charge in [-0.2, -0.15) is 5.10 Å². The van der Waals surface area contributed by atoms with Crippen LogP contribution in [-0.4, -0.2) is 54.1 Å². The summed E-state index contributed by atoms with van der Waals surface area (Å²) in [5.74, 6) is 0. The quantitative estimate of drug-likeness (QED) is 0.810. The average Bonchev–Trinajstić information content (AvgIpc) is 2.78. The number of hydrogen-bond donors (Lipinski definition) is 1. The van der Waals surface area contributed by atoms with Gasteiger partial charge in [-0.25, -0.2) is 0 Å². The molecule has 1 N–H and O–H groups in total. The molecule has 102 valence electrons. The van der Waals surface area contributed by atoms with Crippen LogP contribution in [0.2, 0.25) is 0 Å². The number of rotatable bonds is 6. The molecular formula is C13H24N4O. The lowest BCUT2D eigenvalue weighted by Gasteiger charge is -2.32. The zero-order valence-corrected chi connectivity index (χ0v) is 11.4. The summed E-state index contributed by atoms with van der Waals surface area (Å²) in [6, 6.07) is 2.12. The topological polar surface area (TPSA) is 42.3 Å². The first-order valence-corrected chi connectivity index (χ1v) is 6.82. The Kier molecular flexibility index (Phi) is 5.16. The normalized spacial score (nSPS) is 21.3. The van der Waals surface area contributed by atoms with Crippen molar-refractivity contribution in [1.29, 1.82) is 0 Å². The zero-order chi connectivity index (χ0) is 12.8. The molecule has 0 aromatic carbocycles. The first kappa shape index (κ1) is 13.5. The van der Waals surface area contributed by atoms with E-state index >= 15 is 0 Å². The van der Waals surface area contributed by atoms with E-state index in [0.29, 0.717) is 6.10 Å². The van der Waals surface area contributed by atoms with E-state index in [0.717, 1.165) is 45.8 Å². The maximum absolute atomic E-state index is 5.72. The second-order valence-corrected chi connectivity index (χ2v) is 4.83. The summed E-state index contributed by atoms with van der Waals surface area (Å²) in [5, 5.41) is 7.55. The molecule has 5 nitrogen and oxygen atoms in total. The van der Waals surface area contributed by atoms with Crippen LogP contribution in [0.1, 0.15) is 19.0 Å². The van der Waals surface area contributed by atoms with Gasteiger partial charge in [0.05, 0.1) is 18.4 Å². The highest BCUT2D eigenvalue weighted by atomic mass is 16.5. The van der Waals surface area contributed by atoms with E-state index in [9.17, 15) is 0 Å². The maximum atomic E-state index is 5.72. The fourth-order valence-electron chi connectivity index (χ4n) is 2.41. The van der Waals surface area contributed by atoms with Crippen molar-refractivity contribution in [3.63, 3.8) is 0 Å². The molecular weight excluding hydrogens is 228 g/mol. The molecule has 1 aliphatic heterocycles. The number of morpholine rings is 1. The van der Waals surface area contributed by atoms with E-state index < -0.39 is 0 Å². The fourth-order valence-corrected chi connectivity index (χ4v) is 2.41. The summed E-state index contributed by atoms with van der Waals surface area (Å²) >= 11 is 0. The molecule has 0 bridgehead atoms. The molecule has 1 atom stereocenters. The third-order valence-electron chi connectivity index (χ3n) is 3.28. The molecule has 1 aromatic heterocycles. The highest BCUT2D eigenvalue weighted by Crippen LogP contribution is 2.10. The van der Waals surface area contributed by atoms with E-state index in [4.69, 9.17) is 4.74 Å². The number of hydrogen-bond acceptors (Lipinski definition) is 4. The lowest BCUT2D eigenvalue weighted by Crippen LogP contribution is -2.45. The van der Waals surface area contributed by atoms with E-state index in [1.165, 1.54) is 5.69 Å². The van der Waals surface area contributed by atoms with Crippen LogP contribution in [-0.2, 0) is 17.8 Å². The van der Waals surface area contributed by atoms with Crippen LogP contribution in [0.5, 0.6) is 0 Å². The predicted molar refractivity (Wildman–Crippen MR) is 71.5 cm³/mol. The Morgan fingerprint density at radius 2 is 2.44 bits per heavy atom. The van der Waals surface area contributed by atoms with Gasteiger partial charge in [0.15, 0.2) is 0 Å². The molecule has 0 spiro atoms. The molecule has 2 rings (SSSR count). The molecule has 2 heterocycles. The van der Waals surface area contributed by atoms with E-state index in [-0.39, 0.29) is 0 Å². The Bertz CT molecular complexity index is 351. The molecule has 0 amide bonds. The number of ether oxygens (including phenoxy) is 1.